The molecule has 2 fully saturated rings. The van der Waals surface area contributed by atoms with Crippen LogP contribution in [0.25, 0.3) is 10.9 Å². The third kappa shape index (κ3) is 5.31. The molecule has 2 aliphatic rings. The molecule has 3 heterocycles. The maximum atomic E-state index is 12.9. The molecule has 1 saturated carbocycles. The number of rotatable bonds is 8. The summed E-state index contributed by atoms with van der Waals surface area (Å²) in [6.45, 7) is 8.48. The Bertz CT molecular complexity index is 1130. The van der Waals surface area contributed by atoms with Gasteiger partial charge in [0.2, 0.25) is 0 Å². The van der Waals surface area contributed by atoms with Gasteiger partial charge in [0.05, 0.1) is 25.8 Å². The van der Waals surface area contributed by atoms with Gasteiger partial charge in [0.25, 0.3) is 5.56 Å². The molecule has 5 rings (SSSR count). The SMILES string of the molecule is Cc1ccc2[nH]c(=O)c(CN(CCN3CCOCC3)Cc3nnnn3C3CCCC3)cc2c1. The number of aryl methyl sites for hydroxylation is 1. The van der Waals surface area contributed by atoms with Crippen molar-refractivity contribution in [2.75, 3.05) is 39.4 Å². The normalized spacial score (nSPS) is 18.0. The molecule has 0 unspecified atom stereocenters. The fourth-order valence-corrected chi connectivity index (χ4v) is 5.00. The van der Waals surface area contributed by atoms with Gasteiger partial charge < -0.3 is 9.72 Å². The topological polar surface area (TPSA) is 92.2 Å². The summed E-state index contributed by atoms with van der Waals surface area (Å²) in [5, 5.41) is 13.7. The van der Waals surface area contributed by atoms with Crippen molar-refractivity contribution < 1.29 is 4.74 Å². The van der Waals surface area contributed by atoms with E-state index in [1.807, 2.05) is 22.9 Å². The van der Waals surface area contributed by atoms with Crippen LogP contribution in [0.15, 0.2) is 29.1 Å². The van der Waals surface area contributed by atoms with E-state index in [1.165, 1.54) is 18.4 Å². The van der Waals surface area contributed by atoms with Gasteiger partial charge >= 0.3 is 0 Å². The Morgan fingerprint density at radius 2 is 1.97 bits per heavy atom. The smallest absolute Gasteiger partial charge is 0.252 e. The quantitative estimate of drug-likeness (QED) is 0.562. The lowest BCUT2D eigenvalue weighted by Crippen LogP contribution is -2.41. The molecule has 1 aliphatic carbocycles. The van der Waals surface area contributed by atoms with Crippen molar-refractivity contribution >= 4 is 10.9 Å². The number of tetrazole rings is 1. The number of nitrogens with one attached hydrogen (secondary N) is 1. The number of hydrogen-bond donors (Lipinski definition) is 1. The highest BCUT2D eigenvalue weighted by Crippen LogP contribution is 2.29. The van der Waals surface area contributed by atoms with E-state index in [0.29, 0.717) is 19.1 Å². The third-order valence-corrected chi connectivity index (χ3v) is 6.90. The summed E-state index contributed by atoms with van der Waals surface area (Å²) < 4.78 is 7.51. The molecule has 9 nitrogen and oxygen atoms in total. The van der Waals surface area contributed by atoms with Crippen LogP contribution >= 0.6 is 0 Å². The molecule has 0 atom stereocenters. The highest BCUT2D eigenvalue weighted by molar-refractivity contribution is 5.79. The molecular weight excluding hydrogens is 418 g/mol. The number of H-pyrrole nitrogens is 1. The summed E-state index contributed by atoms with van der Waals surface area (Å²) in [6.07, 6.45) is 4.73. The van der Waals surface area contributed by atoms with Gasteiger partial charge in [-0.15, -0.1) is 5.10 Å². The molecule has 0 radical (unpaired) electrons. The number of pyridine rings is 1. The summed E-state index contributed by atoms with van der Waals surface area (Å²) in [4.78, 5) is 20.7. The third-order valence-electron chi connectivity index (χ3n) is 6.90. The first-order valence-corrected chi connectivity index (χ1v) is 12.1. The standard InChI is InChI=1S/C24H33N7O2/c1-18-6-7-22-19(14-18)15-20(24(32)25-22)16-30(9-8-29-10-12-33-13-11-29)17-23-26-27-28-31(23)21-4-2-3-5-21/h6-7,14-15,21H,2-5,8-13,16-17H2,1H3,(H,25,32). The van der Waals surface area contributed by atoms with Crippen LogP contribution in [0, 0.1) is 6.92 Å². The average Bonchev–Trinajstić information content (AvgIpc) is 3.51. The van der Waals surface area contributed by atoms with E-state index in [2.05, 4.69) is 43.3 Å². The molecule has 1 N–H and O–H groups in total. The molecule has 0 amide bonds. The van der Waals surface area contributed by atoms with Gasteiger partial charge in [-0.1, -0.05) is 24.5 Å². The van der Waals surface area contributed by atoms with E-state index in [9.17, 15) is 4.79 Å². The first kappa shape index (κ1) is 22.2. The van der Waals surface area contributed by atoms with Crippen LogP contribution < -0.4 is 5.56 Å². The van der Waals surface area contributed by atoms with Crippen LogP contribution in [0.3, 0.4) is 0 Å². The number of nitrogens with zero attached hydrogens (tertiary/aromatic N) is 6. The molecule has 0 spiro atoms. The Balaban J connectivity index is 1.38. The number of aromatic nitrogens is 5. The van der Waals surface area contributed by atoms with Gasteiger partial charge in [0, 0.05) is 43.8 Å². The van der Waals surface area contributed by atoms with Gasteiger partial charge in [-0.3, -0.25) is 14.6 Å². The lowest BCUT2D eigenvalue weighted by molar-refractivity contribution is 0.0322. The van der Waals surface area contributed by atoms with Crippen LogP contribution in [-0.2, 0) is 17.8 Å². The zero-order chi connectivity index (χ0) is 22.6. The Labute approximate surface area is 193 Å². The first-order chi connectivity index (χ1) is 16.2. The highest BCUT2D eigenvalue weighted by Gasteiger charge is 2.23. The number of morpholine rings is 1. The predicted molar refractivity (Wildman–Crippen MR) is 126 cm³/mol. The number of hydrogen-bond acceptors (Lipinski definition) is 7. The minimum atomic E-state index is -0.0295. The molecule has 2 aromatic heterocycles. The maximum absolute atomic E-state index is 12.9. The fraction of sp³-hybridized carbons (Fsp3) is 0.583. The number of benzene rings is 1. The number of fused-ring (bicyclic) bond motifs is 1. The fourth-order valence-electron chi connectivity index (χ4n) is 5.00. The molecule has 1 saturated heterocycles. The molecular formula is C24H33N7O2. The van der Waals surface area contributed by atoms with Crippen molar-refractivity contribution in [2.24, 2.45) is 0 Å². The summed E-state index contributed by atoms with van der Waals surface area (Å²) in [5.74, 6) is 0.886. The molecule has 9 heteroatoms. The first-order valence-electron chi connectivity index (χ1n) is 12.1. The monoisotopic (exact) mass is 451 g/mol. The van der Waals surface area contributed by atoms with Crippen LogP contribution in [0.5, 0.6) is 0 Å². The van der Waals surface area contributed by atoms with Crippen molar-refractivity contribution in [2.45, 2.75) is 51.7 Å². The van der Waals surface area contributed by atoms with Crippen LogP contribution in [0.2, 0.25) is 0 Å². The predicted octanol–water partition coefficient (Wildman–Crippen LogP) is 2.27. The summed E-state index contributed by atoms with van der Waals surface area (Å²) in [6, 6.07) is 8.54. The number of aromatic amines is 1. The van der Waals surface area contributed by atoms with Crippen molar-refractivity contribution in [3.05, 3.63) is 51.6 Å². The second kappa shape index (κ2) is 10.1. The zero-order valence-electron chi connectivity index (χ0n) is 19.4. The van der Waals surface area contributed by atoms with Crippen LogP contribution in [0.4, 0.5) is 0 Å². The highest BCUT2D eigenvalue weighted by atomic mass is 16.5. The Morgan fingerprint density at radius 1 is 1.15 bits per heavy atom. The minimum Gasteiger partial charge on any atom is -0.379 e. The van der Waals surface area contributed by atoms with E-state index >= 15 is 0 Å². The zero-order valence-corrected chi connectivity index (χ0v) is 19.4. The Hall–Kier alpha value is -2.62. The van der Waals surface area contributed by atoms with E-state index in [1.54, 1.807) is 0 Å². The molecule has 1 aromatic carbocycles. The number of ether oxygens (including phenoxy) is 1. The second-order valence-electron chi connectivity index (χ2n) is 9.36. The van der Waals surface area contributed by atoms with Crippen molar-refractivity contribution in [1.82, 2.24) is 35.0 Å². The molecule has 33 heavy (non-hydrogen) atoms. The van der Waals surface area contributed by atoms with Gasteiger partial charge in [-0.25, -0.2) is 4.68 Å². The largest absolute Gasteiger partial charge is 0.379 e. The Kier molecular flexibility index (Phi) is 6.80. The average molecular weight is 452 g/mol. The van der Waals surface area contributed by atoms with E-state index in [-0.39, 0.29) is 5.56 Å². The molecule has 0 bridgehead atoms. The van der Waals surface area contributed by atoms with Crippen molar-refractivity contribution in [1.29, 1.82) is 0 Å². The van der Waals surface area contributed by atoms with Crippen molar-refractivity contribution in [3.8, 4) is 0 Å². The van der Waals surface area contributed by atoms with Gasteiger partial charge in [0.15, 0.2) is 5.82 Å². The minimum absolute atomic E-state index is 0.0295. The lowest BCUT2D eigenvalue weighted by Gasteiger charge is -2.30. The summed E-state index contributed by atoms with van der Waals surface area (Å²) >= 11 is 0. The molecule has 1 aliphatic heterocycles. The van der Waals surface area contributed by atoms with Gasteiger partial charge in [-0.05, 0) is 53.8 Å². The Morgan fingerprint density at radius 3 is 2.79 bits per heavy atom. The molecule has 176 valence electrons. The molecule has 3 aromatic rings. The summed E-state index contributed by atoms with van der Waals surface area (Å²) in [7, 11) is 0. The van der Waals surface area contributed by atoms with E-state index in [0.717, 1.165) is 74.5 Å². The lowest BCUT2D eigenvalue weighted by atomic mass is 10.1. The van der Waals surface area contributed by atoms with Gasteiger partial charge in [-0.2, -0.15) is 0 Å². The van der Waals surface area contributed by atoms with Crippen molar-refractivity contribution in [3.63, 3.8) is 0 Å². The summed E-state index contributed by atoms with van der Waals surface area (Å²) in [5.41, 5.74) is 2.80. The second-order valence-corrected chi connectivity index (χ2v) is 9.36. The van der Waals surface area contributed by atoms with Crippen LogP contribution in [0.1, 0.15) is 48.7 Å². The van der Waals surface area contributed by atoms with Crippen LogP contribution in [-0.4, -0.2) is 74.4 Å². The van der Waals surface area contributed by atoms with E-state index < -0.39 is 0 Å². The van der Waals surface area contributed by atoms with Gasteiger partial charge in [0.1, 0.15) is 0 Å². The maximum Gasteiger partial charge on any atom is 0.252 e. The van der Waals surface area contributed by atoms with E-state index in [4.69, 9.17) is 4.74 Å².